The van der Waals surface area contributed by atoms with Crippen LogP contribution in [0.5, 0.6) is 11.5 Å². The maximum atomic E-state index is 13.5. The molecule has 6 rings (SSSR count). The summed E-state index contributed by atoms with van der Waals surface area (Å²) in [6, 6.07) is 21.6. The van der Waals surface area contributed by atoms with Crippen LogP contribution in [0.15, 0.2) is 66.7 Å². The maximum Gasteiger partial charge on any atom is 0.142 e. The Kier molecular flexibility index (Phi) is 8.89. The highest BCUT2D eigenvalue weighted by molar-refractivity contribution is 5.61. The standard InChI is InChI=1S/C33H40FN3O4/c1-38-16-3-14-36-15-17-39-32-11-6-24(18-31(32)36)23-40-33-20-35-13-12-30(33)25-7-9-28(10-8-25)41-29-21-37(22-29)27-5-2-4-26(34)19-27/h2,4-11,18-19,29-30,33,35H,3,12-17,20-23H2,1H3. The number of ether oxygens (including phenoxy) is 4. The zero-order valence-electron chi connectivity index (χ0n) is 23.8. The average molecular weight is 562 g/mol. The molecule has 3 heterocycles. The summed E-state index contributed by atoms with van der Waals surface area (Å²) < 4.78 is 37.4. The van der Waals surface area contributed by atoms with Gasteiger partial charge in [-0.3, -0.25) is 0 Å². The number of methoxy groups -OCH3 is 1. The van der Waals surface area contributed by atoms with Crippen LogP contribution in [-0.2, 0) is 16.1 Å². The lowest BCUT2D eigenvalue weighted by Gasteiger charge is -2.40. The van der Waals surface area contributed by atoms with Crippen molar-refractivity contribution in [3.05, 3.63) is 83.7 Å². The van der Waals surface area contributed by atoms with Gasteiger partial charge in [0.1, 0.15) is 30.0 Å². The number of benzene rings is 3. The minimum atomic E-state index is -0.208. The van der Waals surface area contributed by atoms with E-state index in [2.05, 4.69) is 57.6 Å². The molecule has 0 aliphatic carbocycles. The summed E-state index contributed by atoms with van der Waals surface area (Å²) in [6.07, 6.45) is 2.22. The Morgan fingerprint density at radius 1 is 1.05 bits per heavy atom. The highest BCUT2D eigenvalue weighted by atomic mass is 19.1. The molecule has 3 aromatic rings. The molecule has 7 nitrogen and oxygen atoms in total. The Balaban J connectivity index is 1.03. The Bertz CT molecular complexity index is 1280. The highest BCUT2D eigenvalue weighted by Gasteiger charge is 2.30. The van der Waals surface area contributed by atoms with Gasteiger partial charge in [-0.2, -0.15) is 0 Å². The fourth-order valence-corrected chi connectivity index (χ4v) is 6.01. The van der Waals surface area contributed by atoms with Crippen LogP contribution in [0.25, 0.3) is 0 Å². The molecule has 0 bridgehead atoms. The normalized spacial score (nSPS) is 20.7. The molecule has 0 saturated carbocycles. The van der Waals surface area contributed by atoms with Gasteiger partial charge in [-0.05, 0) is 73.0 Å². The number of hydrogen-bond acceptors (Lipinski definition) is 7. The lowest BCUT2D eigenvalue weighted by atomic mass is 9.87. The SMILES string of the molecule is COCCCN1CCOc2ccc(COC3CNCCC3c3ccc(OC4CN(c5cccc(F)c5)C4)cc3)cc21. The molecule has 0 radical (unpaired) electrons. The van der Waals surface area contributed by atoms with Gasteiger partial charge in [0.25, 0.3) is 0 Å². The second kappa shape index (κ2) is 13.1. The third-order valence-corrected chi connectivity index (χ3v) is 8.28. The lowest BCUT2D eigenvalue weighted by molar-refractivity contribution is 0.0106. The molecule has 2 fully saturated rings. The Morgan fingerprint density at radius 3 is 2.76 bits per heavy atom. The largest absolute Gasteiger partial charge is 0.490 e. The van der Waals surface area contributed by atoms with Gasteiger partial charge < -0.3 is 34.1 Å². The fourth-order valence-electron chi connectivity index (χ4n) is 6.01. The number of piperidine rings is 1. The van der Waals surface area contributed by atoms with Crippen molar-refractivity contribution in [3.63, 3.8) is 0 Å². The van der Waals surface area contributed by atoms with Gasteiger partial charge in [0, 0.05) is 38.4 Å². The van der Waals surface area contributed by atoms with Crippen LogP contribution >= 0.6 is 0 Å². The van der Waals surface area contributed by atoms with Crippen LogP contribution in [0.2, 0.25) is 0 Å². The predicted octanol–water partition coefficient (Wildman–Crippen LogP) is 4.99. The van der Waals surface area contributed by atoms with Crippen LogP contribution in [0, 0.1) is 5.82 Å². The molecule has 0 amide bonds. The number of anilines is 2. The Hall–Kier alpha value is -3.33. The zero-order valence-corrected chi connectivity index (χ0v) is 23.8. The van der Waals surface area contributed by atoms with Crippen LogP contribution in [-0.4, -0.2) is 71.8 Å². The smallest absolute Gasteiger partial charge is 0.142 e. The first-order chi connectivity index (χ1) is 20.2. The Labute approximate surface area is 242 Å². The second-order valence-electron chi connectivity index (χ2n) is 11.1. The number of halogens is 1. The van der Waals surface area contributed by atoms with E-state index in [9.17, 15) is 4.39 Å². The number of nitrogens with zero attached hydrogens (tertiary/aromatic N) is 2. The monoisotopic (exact) mass is 561 g/mol. The molecule has 3 aromatic carbocycles. The van der Waals surface area contributed by atoms with E-state index in [-0.39, 0.29) is 18.0 Å². The van der Waals surface area contributed by atoms with Crippen LogP contribution in [0.3, 0.4) is 0 Å². The molecule has 41 heavy (non-hydrogen) atoms. The molecule has 1 N–H and O–H groups in total. The van der Waals surface area contributed by atoms with E-state index >= 15 is 0 Å². The summed E-state index contributed by atoms with van der Waals surface area (Å²) in [4.78, 5) is 4.52. The van der Waals surface area contributed by atoms with E-state index < -0.39 is 0 Å². The lowest BCUT2D eigenvalue weighted by Crippen LogP contribution is -2.54. The van der Waals surface area contributed by atoms with Gasteiger partial charge in [0.2, 0.25) is 0 Å². The van der Waals surface area contributed by atoms with Crippen molar-refractivity contribution in [1.82, 2.24) is 5.32 Å². The van der Waals surface area contributed by atoms with Crippen molar-refractivity contribution >= 4 is 11.4 Å². The number of hydrogen-bond donors (Lipinski definition) is 1. The molecule has 2 saturated heterocycles. The summed E-state index contributed by atoms with van der Waals surface area (Å²) in [6.45, 7) is 7.20. The van der Waals surface area contributed by atoms with Crippen LogP contribution in [0.4, 0.5) is 15.8 Å². The summed E-state index contributed by atoms with van der Waals surface area (Å²) in [7, 11) is 1.75. The zero-order chi connectivity index (χ0) is 28.0. The first-order valence-electron chi connectivity index (χ1n) is 14.8. The molecule has 2 unspecified atom stereocenters. The maximum absolute atomic E-state index is 13.5. The van der Waals surface area contributed by atoms with E-state index in [1.165, 1.54) is 11.6 Å². The molecule has 0 spiro atoms. The summed E-state index contributed by atoms with van der Waals surface area (Å²) in [5.41, 5.74) is 4.49. The first-order valence-corrected chi connectivity index (χ1v) is 14.8. The summed E-state index contributed by atoms with van der Waals surface area (Å²) >= 11 is 0. The van der Waals surface area contributed by atoms with Crippen molar-refractivity contribution < 1.29 is 23.3 Å². The molecule has 2 atom stereocenters. The van der Waals surface area contributed by atoms with E-state index in [1.54, 1.807) is 19.2 Å². The molecular formula is C33H40FN3O4. The minimum absolute atomic E-state index is 0.0899. The minimum Gasteiger partial charge on any atom is -0.490 e. The first kappa shape index (κ1) is 27.8. The van der Waals surface area contributed by atoms with Crippen molar-refractivity contribution in [3.8, 4) is 11.5 Å². The van der Waals surface area contributed by atoms with Crippen molar-refractivity contribution in [2.75, 3.05) is 69.4 Å². The van der Waals surface area contributed by atoms with E-state index in [0.29, 0.717) is 19.1 Å². The fraction of sp³-hybridized carbons (Fsp3) is 0.455. The molecule has 8 heteroatoms. The molecule has 3 aliphatic rings. The summed E-state index contributed by atoms with van der Waals surface area (Å²) in [5, 5.41) is 3.51. The van der Waals surface area contributed by atoms with Crippen molar-refractivity contribution in [2.45, 2.75) is 37.6 Å². The van der Waals surface area contributed by atoms with Gasteiger partial charge in [0.15, 0.2) is 0 Å². The topological polar surface area (TPSA) is 55.4 Å². The van der Waals surface area contributed by atoms with E-state index in [4.69, 9.17) is 18.9 Å². The van der Waals surface area contributed by atoms with Crippen molar-refractivity contribution in [1.29, 1.82) is 0 Å². The number of fused-ring (bicyclic) bond motifs is 1. The van der Waals surface area contributed by atoms with Crippen LogP contribution in [0.1, 0.15) is 29.9 Å². The average Bonchev–Trinajstić information content (AvgIpc) is 2.98. The quantitative estimate of drug-likeness (QED) is 0.331. The number of rotatable bonds is 11. The van der Waals surface area contributed by atoms with Crippen molar-refractivity contribution in [2.24, 2.45) is 0 Å². The molecular weight excluding hydrogens is 521 g/mol. The number of nitrogens with one attached hydrogen (secondary N) is 1. The third kappa shape index (κ3) is 6.77. The van der Waals surface area contributed by atoms with Gasteiger partial charge in [-0.1, -0.05) is 24.3 Å². The molecule has 3 aliphatic heterocycles. The van der Waals surface area contributed by atoms with E-state index in [0.717, 1.165) is 87.2 Å². The third-order valence-electron chi connectivity index (χ3n) is 8.28. The van der Waals surface area contributed by atoms with Gasteiger partial charge in [-0.15, -0.1) is 0 Å². The molecule has 218 valence electrons. The Morgan fingerprint density at radius 2 is 1.93 bits per heavy atom. The molecule has 0 aromatic heterocycles. The predicted molar refractivity (Wildman–Crippen MR) is 159 cm³/mol. The van der Waals surface area contributed by atoms with Gasteiger partial charge in [-0.25, -0.2) is 4.39 Å². The van der Waals surface area contributed by atoms with Crippen LogP contribution < -0.4 is 24.6 Å². The van der Waals surface area contributed by atoms with Gasteiger partial charge >= 0.3 is 0 Å². The van der Waals surface area contributed by atoms with E-state index in [1.807, 2.05) is 6.07 Å². The second-order valence-corrected chi connectivity index (χ2v) is 11.1. The highest BCUT2D eigenvalue weighted by Crippen LogP contribution is 2.34. The summed E-state index contributed by atoms with van der Waals surface area (Å²) in [5.74, 6) is 1.93. The van der Waals surface area contributed by atoms with Gasteiger partial charge in [0.05, 0.1) is 38.0 Å².